The molecule has 1 aliphatic carbocycles. The molecular weight excluding hydrogens is 250 g/mol. The van der Waals surface area contributed by atoms with Gasteiger partial charge in [-0.3, -0.25) is 9.69 Å². The summed E-state index contributed by atoms with van der Waals surface area (Å²) in [5.74, 6) is 0.913. The summed E-state index contributed by atoms with van der Waals surface area (Å²) in [6.45, 7) is 6.54. The molecule has 2 heterocycles. The van der Waals surface area contributed by atoms with Gasteiger partial charge in [-0.15, -0.1) is 0 Å². The van der Waals surface area contributed by atoms with Crippen molar-refractivity contribution in [1.82, 2.24) is 9.80 Å². The Morgan fingerprint density at radius 2 is 1.80 bits per heavy atom. The van der Waals surface area contributed by atoms with Crippen molar-refractivity contribution >= 4 is 5.91 Å². The Balaban J connectivity index is 1.57. The fraction of sp³-hybridized carbons (Fsp3) is 0.938. The average molecular weight is 279 g/mol. The highest BCUT2D eigenvalue weighted by atomic mass is 16.2. The van der Waals surface area contributed by atoms with E-state index in [1.165, 1.54) is 32.4 Å². The van der Waals surface area contributed by atoms with Gasteiger partial charge in [-0.1, -0.05) is 13.3 Å². The van der Waals surface area contributed by atoms with Crippen LogP contribution in [0.3, 0.4) is 0 Å². The molecule has 0 aromatic heterocycles. The van der Waals surface area contributed by atoms with E-state index < -0.39 is 0 Å². The second kappa shape index (κ2) is 6.02. The summed E-state index contributed by atoms with van der Waals surface area (Å²) in [5.41, 5.74) is 6.29. The van der Waals surface area contributed by atoms with Gasteiger partial charge in [-0.2, -0.15) is 0 Å². The second-order valence-corrected chi connectivity index (χ2v) is 7.06. The van der Waals surface area contributed by atoms with Crippen molar-refractivity contribution in [2.45, 2.75) is 57.5 Å². The average Bonchev–Trinajstić information content (AvgIpc) is 3.11. The molecule has 2 saturated heterocycles. The van der Waals surface area contributed by atoms with Gasteiger partial charge in [0.25, 0.3) is 0 Å². The van der Waals surface area contributed by atoms with E-state index in [2.05, 4.69) is 16.7 Å². The summed E-state index contributed by atoms with van der Waals surface area (Å²) in [6.07, 6.45) is 7.15. The summed E-state index contributed by atoms with van der Waals surface area (Å²) in [5, 5.41) is 0. The Labute approximate surface area is 122 Å². The molecule has 4 unspecified atom stereocenters. The lowest BCUT2D eigenvalue weighted by Crippen LogP contribution is -2.49. The van der Waals surface area contributed by atoms with Crippen LogP contribution in [0.25, 0.3) is 0 Å². The molecule has 0 bridgehead atoms. The fourth-order valence-corrected chi connectivity index (χ4v) is 4.31. The lowest BCUT2D eigenvalue weighted by Gasteiger charge is -2.35. The molecule has 2 aliphatic heterocycles. The first-order valence-electron chi connectivity index (χ1n) is 8.45. The standard InChI is InChI=1S/C16H29N3O/c1-12-5-4-6-14(15(12)17)16(20)19-10-7-13(11-19)18-8-2-3-9-18/h12-15H,2-11,17H2,1H3. The van der Waals surface area contributed by atoms with Gasteiger partial charge in [0.15, 0.2) is 0 Å². The summed E-state index contributed by atoms with van der Waals surface area (Å²) in [7, 11) is 0. The minimum atomic E-state index is 0.0714. The molecule has 4 nitrogen and oxygen atoms in total. The molecule has 3 fully saturated rings. The van der Waals surface area contributed by atoms with Crippen LogP contribution in [0, 0.1) is 11.8 Å². The summed E-state index contributed by atoms with van der Waals surface area (Å²) >= 11 is 0. The first kappa shape index (κ1) is 14.3. The Morgan fingerprint density at radius 3 is 2.55 bits per heavy atom. The van der Waals surface area contributed by atoms with Crippen LogP contribution in [-0.2, 0) is 4.79 Å². The number of likely N-dealkylation sites (tertiary alicyclic amines) is 2. The summed E-state index contributed by atoms with van der Waals surface area (Å²) in [4.78, 5) is 17.4. The molecule has 4 atom stereocenters. The lowest BCUT2D eigenvalue weighted by atomic mass is 9.77. The zero-order valence-corrected chi connectivity index (χ0v) is 12.8. The predicted molar refractivity (Wildman–Crippen MR) is 80.3 cm³/mol. The summed E-state index contributed by atoms with van der Waals surface area (Å²) < 4.78 is 0. The maximum absolute atomic E-state index is 12.7. The van der Waals surface area contributed by atoms with Crippen molar-refractivity contribution in [1.29, 1.82) is 0 Å². The molecule has 0 spiro atoms. The van der Waals surface area contributed by atoms with Crippen molar-refractivity contribution < 1.29 is 4.79 Å². The van der Waals surface area contributed by atoms with E-state index in [4.69, 9.17) is 5.73 Å². The molecule has 20 heavy (non-hydrogen) atoms. The second-order valence-electron chi connectivity index (χ2n) is 7.06. The number of nitrogens with two attached hydrogens (primary N) is 1. The van der Waals surface area contributed by atoms with Crippen molar-refractivity contribution in [2.75, 3.05) is 26.2 Å². The van der Waals surface area contributed by atoms with Gasteiger partial charge in [0, 0.05) is 25.2 Å². The normalized spacial score (nSPS) is 39.4. The number of carbonyl (C=O) groups excluding carboxylic acids is 1. The number of hydrogen-bond acceptors (Lipinski definition) is 3. The number of amides is 1. The van der Waals surface area contributed by atoms with Crippen LogP contribution in [0.2, 0.25) is 0 Å². The fourth-order valence-electron chi connectivity index (χ4n) is 4.31. The van der Waals surface area contributed by atoms with Crippen molar-refractivity contribution in [3.63, 3.8) is 0 Å². The zero-order chi connectivity index (χ0) is 14.1. The Hall–Kier alpha value is -0.610. The van der Waals surface area contributed by atoms with Crippen LogP contribution in [-0.4, -0.2) is 54.0 Å². The molecule has 1 amide bonds. The van der Waals surface area contributed by atoms with Gasteiger partial charge >= 0.3 is 0 Å². The molecule has 0 aromatic rings. The van der Waals surface area contributed by atoms with E-state index in [0.717, 1.165) is 32.4 Å². The highest BCUT2D eigenvalue weighted by Crippen LogP contribution is 2.31. The first-order chi connectivity index (χ1) is 9.66. The van der Waals surface area contributed by atoms with Gasteiger partial charge in [0.1, 0.15) is 0 Å². The molecule has 2 N–H and O–H groups in total. The van der Waals surface area contributed by atoms with Crippen molar-refractivity contribution in [3.8, 4) is 0 Å². The minimum Gasteiger partial charge on any atom is -0.341 e. The molecule has 3 rings (SSSR count). The van der Waals surface area contributed by atoms with Crippen molar-refractivity contribution in [3.05, 3.63) is 0 Å². The third kappa shape index (κ3) is 2.73. The van der Waals surface area contributed by atoms with Crippen LogP contribution in [0.1, 0.15) is 45.4 Å². The van der Waals surface area contributed by atoms with E-state index in [0.29, 0.717) is 17.9 Å². The van der Waals surface area contributed by atoms with Gasteiger partial charge in [0.2, 0.25) is 5.91 Å². The van der Waals surface area contributed by atoms with E-state index in [9.17, 15) is 4.79 Å². The van der Waals surface area contributed by atoms with Gasteiger partial charge in [-0.25, -0.2) is 0 Å². The van der Waals surface area contributed by atoms with E-state index >= 15 is 0 Å². The van der Waals surface area contributed by atoms with Crippen LogP contribution in [0.5, 0.6) is 0 Å². The number of hydrogen-bond donors (Lipinski definition) is 1. The van der Waals surface area contributed by atoms with E-state index in [1.807, 2.05) is 0 Å². The Kier molecular flexibility index (Phi) is 4.32. The third-order valence-corrected chi connectivity index (χ3v) is 5.75. The molecular formula is C16H29N3O. The molecule has 3 aliphatic rings. The smallest absolute Gasteiger partial charge is 0.227 e. The first-order valence-corrected chi connectivity index (χ1v) is 8.45. The van der Waals surface area contributed by atoms with Gasteiger partial charge < -0.3 is 10.6 Å². The molecule has 0 radical (unpaired) electrons. The zero-order valence-electron chi connectivity index (χ0n) is 12.8. The monoisotopic (exact) mass is 279 g/mol. The Bertz CT molecular complexity index is 354. The SMILES string of the molecule is CC1CCCC(C(=O)N2CCC(N3CCCC3)C2)C1N. The number of rotatable bonds is 2. The largest absolute Gasteiger partial charge is 0.341 e. The van der Waals surface area contributed by atoms with Crippen LogP contribution < -0.4 is 5.73 Å². The van der Waals surface area contributed by atoms with E-state index in [1.54, 1.807) is 0 Å². The topological polar surface area (TPSA) is 49.6 Å². The lowest BCUT2D eigenvalue weighted by molar-refractivity contribution is -0.136. The van der Waals surface area contributed by atoms with Crippen molar-refractivity contribution in [2.24, 2.45) is 17.6 Å². The maximum atomic E-state index is 12.7. The van der Waals surface area contributed by atoms with Crippen LogP contribution in [0.15, 0.2) is 0 Å². The molecule has 1 saturated carbocycles. The van der Waals surface area contributed by atoms with Gasteiger partial charge in [-0.05, 0) is 51.1 Å². The summed E-state index contributed by atoms with van der Waals surface area (Å²) in [6, 6.07) is 0.681. The number of carbonyl (C=O) groups is 1. The maximum Gasteiger partial charge on any atom is 0.227 e. The van der Waals surface area contributed by atoms with Crippen LogP contribution in [0.4, 0.5) is 0 Å². The molecule has 4 heteroatoms. The van der Waals surface area contributed by atoms with E-state index in [-0.39, 0.29) is 12.0 Å². The Morgan fingerprint density at radius 1 is 1.05 bits per heavy atom. The molecule has 114 valence electrons. The van der Waals surface area contributed by atoms with Crippen LogP contribution >= 0.6 is 0 Å². The highest BCUT2D eigenvalue weighted by molar-refractivity contribution is 5.80. The van der Waals surface area contributed by atoms with Gasteiger partial charge in [0.05, 0.1) is 5.92 Å². The molecule has 0 aromatic carbocycles. The predicted octanol–water partition coefficient (Wildman–Crippen LogP) is 1.45. The third-order valence-electron chi connectivity index (χ3n) is 5.75. The number of nitrogens with zero attached hydrogens (tertiary/aromatic N) is 2. The highest BCUT2D eigenvalue weighted by Gasteiger charge is 2.38. The minimum absolute atomic E-state index is 0.0714. The quantitative estimate of drug-likeness (QED) is 0.832.